The van der Waals surface area contributed by atoms with Gasteiger partial charge >= 0.3 is 0 Å². The summed E-state index contributed by atoms with van der Waals surface area (Å²) in [6.45, 7) is 7.73. The topological polar surface area (TPSA) is 75.1 Å². The number of aromatic hydroxyl groups is 1. The van der Waals surface area contributed by atoms with E-state index in [1.807, 2.05) is 57.2 Å². The lowest BCUT2D eigenvalue weighted by molar-refractivity contribution is 0.223. The van der Waals surface area contributed by atoms with E-state index in [-0.39, 0.29) is 11.9 Å². The lowest BCUT2D eigenvalue weighted by Crippen LogP contribution is -2.41. The van der Waals surface area contributed by atoms with Gasteiger partial charge in [-0.05, 0) is 44.5 Å². The number of nitrogens with one attached hydrogen (secondary N) is 2. The highest BCUT2D eigenvalue weighted by molar-refractivity contribution is 5.79. The first-order chi connectivity index (χ1) is 13.0. The molecule has 0 aliphatic heterocycles. The van der Waals surface area contributed by atoms with E-state index in [1.54, 1.807) is 6.07 Å². The number of ether oxygens (including phenoxy) is 2. The van der Waals surface area contributed by atoms with Crippen LogP contribution in [0.4, 0.5) is 0 Å². The highest BCUT2D eigenvalue weighted by Crippen LogP contribution is 2.29. The fourth-order valence-corrected chi connectivity index (χ4v) is 2.57. The highest BCUT2D eigenvalue weighted by Gasteiger charge is 2.09. The number of aliphatic imine (C=N–C) groups is 1. The molecule has 3 N–H and O–H groups in total. The zero-order valence-corrected chi connectivity index (χ0v) is 16.5. The first-order valence-corrected chi connectivity index (χ1v) is 9.13. The number of benzene rings is 2. The largest absolute Gasteiger partial charge is 0.504 e. The molecule has 27 heavy (non-hydrogen) atoms. The molecule has 6 heteroatoms. The number of phenols is 1. The van der Waals surface area contributed by atoms with E-state index in [0.717, 1.165) is 12.3 Å². The van der Waals surface area contributed by atoms with Gasteiger partial charge in [0.2, 0.25) is 0 Å². The van der Waals surface area contributed by atoms with Gasteiger partial charge in [0.15, 0.2) is 17.5 Å². The number of rotatable bonds is 8. The van der Waals surface area contributed by atoms with Crippen LogP contribution in [0.1, 0.15) is 25.0 Å². The Bertz CT molecular complexity index is 762. The molecule has 0 saturated heterocycles. The predicted molar refractivity (Wildman–Crippen MR) is 109 cm³/mol. The van der Waals surface area contributed by atoms with E-state index in [2.05, 4.69) is 15.6 Å². The second-order valence-electron chi connectivity index (χ2n) is 6.29. The number of phenolic OH excluding ortho intramolecular Hbond substituents is 1. The minimum absolute atomic E-state index is 0.0270. The molecule has 0 fully saturated rings. The van der Waals surface area contributed by atoms with Crippen molar-refractivity contribution in [1.29, 1.82) is 0 Å². The van der Waals surface area contributed by atoms with Crippen LogP contribution in [0.2, 0.25) is 0 Å². The Hall–Kier alpha value is -2.89. The lowest BCUT2D eigenvalue weighted by atomic mass is 10.2. The first-order valence-electron chi connectivity index (χ1n) is 9.13. The van der Waals surface area contributed by atoms with E-state index < -0.39 is 0 Å². The van der Waals surface area contributed by atoms with Crippen LogP contribution < -0.4 is 20.1 Å². The standard InChI is InChI=1S/C21H29N3O3/c1-5-22-21(24-14-17-9-7-11-19(26-4)20(17)25)23-13-16(3)27-18-10-6-8-15(2)12-18/h6-12,16,25H,5,13-14H2,1-4H3,(H2,22,23,24). The van der Waals surface area contributed by atoms with Crippen molar-refractivity contribution in [2.45, 2.75) is 33.4 Å². The summed E-state index contributed by atoms with van der Waals surface area (Å²) in [6.07, 6.45) is -0.0270. The fourth-order valence-electron chi connectivity index (χ4n) is 2.57. The Morgan fingerprint density at radius 3 is 2.67 bits per heavy atom. The molecule has 0 spiro atoms. The fraction of sp³-hybridized carbons (Fsp3) is 0.381. The van der Waals surface area contributed by atoms with Crippen LogP contribution in [0, 0.1) is 6.92 Å². The molecule has 2 aromatic carbocycles. The molecule has 0 aliphatic carbocycles. The van der Waals surface area contributed by atoms with Gasteiger partial charge in [-0.25, -0.2) is 4.99 Å². The number of aryl methyl sites for hydroxylation is 1. The Kier molecular flexibility index (Phi) is 7.79. The molecule has 0 bridgehead atoms. The maximum absolute atomic E-state index is 10.2. The SMILES string of the molecule is CCNC(=NCc1cccc(OC)c1O)NCC(C)Oc1cccc(C)c1. The lowest BCUT2D eigenvalue weighted by Gasteiger charge is -2.18. The van der Waals surface area contributed by atoms with Crippen LogP contribution in [-0.4, -0.2) is 37.4 Å². The molecular formula is C21H29N3O3. The Morgan fingerprint density at radius 1 is 1.19 bits per heavy atom. The van der Waals surface area contributed by atoms with E-state index in [9.17, 15) is 5.11 Å². The Morgan fingerprint density at radius 2 is 1.96 bits per heavy atom. The summed E-state index contributed by atoms with van der Waals surface area (Å²) in [6, 6.07) is 13.4. The first kappa shape index (κ1) is 20.4. The van der Waals surface area contributed by atoms with Gasteiger partial charge in [-0.15, -0.1) is 0 Å². The van der Waals surface area contributed by atoms with E-state index in [4.69, 9.17) is 9.47 Å². The van der Waals surface area contributed by atoms with Crippen molar-refractivity contribution in [3.8, 4) is 17.2 Å². The van der Waals surface area contributed by atoms with Crippen LogP contribution in [-0.2, 0) is 6.54 Å². The average molecular weight is 371 g/mol. The van der Waals surface area contributed by atoms with Gasteiger partial charge in [-0.2, -0.15) is 0 Å². The van der Waals surface area contributed by atoms with Gasteiger partial charge < -0.3 is 25.2 Å². The average Bonchev–Trinajstić information content (AvgIpc) is 2.65. The molecule has 0 amide bonds. The molecule has 6 nitrogen and oxygen atoms in total. The number of hydrogen-bond donors (Lipinski definition) is 3. The summed E-state index contributed by atoms with van der Waals surface area (Å²) in [7, 11) is 1.53. The van der Waals surface area contributed by atoms with Crippen LogP contribution >= 0.6 is 0 Å². The molecule has 0 radical (unpaired) electrons. The number of para-hydroxylation sites is 1. The summed E-state index contributed by atoms with van der Waals surface area (Å²) < 4.78 is 11.1. The normalized spacial score (nSPS) is 12.4. The zero-order chi connectivity index (χ0) is 19.6. The van der Waals surface area contributed by atoms with Crippen molar-refractivity contribution in [3.05, 3.63) is 53.6 Å². The Balaban J connectivity index is 1.95. The molecule has 1 atom stereocenters. The third-order valence-electron chi connectivity index (χ3n) is 3.94. The van der Waals surface area contributed by atoms with Gasteiger partial charge in [0, 0.05) is 12.1 Å². The molecule has 0 heterocycles. The van der Waals surface area contributed by atoms with Gasteiger partial charge in [-0.1, -0.05) is 24.3 Å². The van der Waals surface area contributed by atoms with Gasteiger partial charge in [-0.3, -0.25) is 0 Å². The number of nitrogens with zero attached hydrogens (tertiary/aromatic N) is 1. The summed E-state index contributed by atoms with van der Waals surface area (Å²) in [5.41, 5.74) is 1.87. The van der Waals surface area contributed by atoms with Crippen LogP contribution in [0.25, 0.3) is 0 Å². The summed E-state index contributed by atoms with van der Waals surface area (Å²) >= 11 is 0. The van der Waals surface area contributed by atoms with Crippen molar-refractivity contribution < 1.29 is 14.6 Å². The van der Waals surface area contributed by atoms with Crippen molar-refractivity contribution in [2.24, 2.45) is 4.99 Å². The van der Waals surface area contributed by atoms with Gasteiger partial charge in [0.05, 0.1) is 20.2 Å². The molecule has 2 aromatic rings. The molecular weight excluding hydrogens is 342 g/mol. The van der Waals surface area contributed by atoms with Gasteiger partial charge in [0.25, 0.3) is 0 Å². The molecule has 0 aromatic heterocycles. The van der Waals surface area contributed by atoms with Crippen molar-refractivity contribution in [3.63, 3.8) is 0 Å². The van der Waals surface area contributed by atoms with Crippen molar-refractivity contribution >= 4 is 5.96 Å². The number of methoxy groups -OCH3 is 1. The molecule has 0 saturated carbocycles. The summed E-state index contributed by atoms with van der Waals surface area (Å²) in [5.74, 6) is 2.09. The Labute approximate surface area is 161 Å². The molecule has 146 valence electrons. The maximum atomic E-state index is 10.2. The van der Waals surface area contributed by atoms with Crippen molar-refractivity contribution in [1.82, 2.24) is 10.6 Å². The van der Waals surface area contributed by atoms with Crippen LogP contribution in [0.5, 0.6) is 17.2 Å². The van der Waals surface area contributed by atoms with E-state index >= 15 is 0 Å². The highest BCUT2D eigenvalue weighted by atomic mass is 16.5. The van der Waals surface area contributed by atoms with E-state index in [1.165, 1.54) is 12.7 Å². The number of hydrogen-bond acceptors (Lipinski definition) is 4. The zero-order valence-electron chi connectivity index (χ0n) is 16.5. The quantitative estimate of drug-likeness (QED) is 0.491. The monoisotopic (exact) mass is 371 g/mol. The van der Waals surface area contributed by atoms with E-state index in [0.29, 0.717) is 30.4 Å². The van der Waals surface area contributed by atoms with Crippen LogP contribution in [0.15, 0.2) is 47.5 Å². The minimum atomic E-state index is -0.0270. The maximum Gasteiger partial charge on any atom is 0.191 e. The van der Waals surface area contributed by atoms with Crippen LogP contribution in [0.3, 0.4) is 0 Å². The smallest absolute Gasteiger partial charge is 0.191 e. The van der Waals surface area contributed by atoms with Crippen molar-refractivity contribution in [2.75, 3.05) is 20.2 Å². The third kappa shape index (κ3) is 6.40. The summed E-state index contributed by atoms with van der Waals surface area (Å²) in [5, 5.41) is 16.7. The molecule has 2 rings (SSSR count). The second kappa shape index (κ2) is 10.3. The minimum Gasteiger partial charge on any atom is -0.504 e. The van der Waals surface area contributed by atoms with Gasteiger partial charge in [0.1, 0.15) is 11.9 Å². The third-order valence-corrected chi connectivity index (χ3v) is 3.94. The summed E-state index contributed by atoms with van der Waals surface area (Å²) in [4.78, 5) is 4.54. The second-order valence-corrected chi connectivity index (χ2v) is 6.29. The molecule has 1 unspecified atom stereocenters. The number of guanidine groups is 1. The molecule has 0 aliphatic rings. The predicted octanol–water partition coefficient (Wildman–Crippen LogP) is 3.23.